The van der Waals surface area contributed by atoms with Crippen molar-refractivity contribution in [2.24, 2.45) is 5.92 Å². The Kier molecular flexibility index (Phi) is 4.93. The van der Waals surface area contributed by atoms with Crippen molar-refractivity contribution in [1.82, 2.24) is 0 Å². The van der Waals surface area contributed by atoms with Gasteiger partial charge >= 0.3 is 0 Å². The van der Waals surface area contributed by atoms with Gasteiger partial charge in [0.15, 0.2) is 0 Å². The maximum Gasteiger partial charge on any atom is 0.255 e. The van der Waals surface area contributed by atoms with Crippen LogP contribution in [0.2, 0.25) is 0 Å². The summed E-state index contributed by atoms with van der Waals surface area (Å²) in [5, 5.41) is 2.85. The second kappa shape index (κ2) is 7.13. The van der Waals surface area contributed by atoms with E-state index in [4.69, 9.17) is 5.73 Å². The summed E-state index contributed by atoms with van der Waals surface area (Å²) in [5.74, 6) is -0.00983. The highest BCUT2D eigenvalue weighted by Gasteiger charge is 2.19. The first-order chi connectivity index (χ1) is 11.9. The average molecular weight is 341 g/mol. The van der Waals surface area contributed by atoms with E-state index in [0.717, 1.165) is 24.3 Å². The molecule has 1 amide bonds. The number of benzene rings is 2. The van der Waals surface area contributed by atoms with Crippen molar-refractivity contribution in [3.8, 4) is 0 Å². The molecule has 1 aliphatic rings. The van der Waals surface area contributed by atoms with Gasteiger partial charge in [-0.1, -0.05) is 6.92 Å². The highest BCUT2D eigenvalue weighted by molar-refractivity contribution is 6.06. The second-order valence-electron chi connectivity index (χ2n) is 6.88. The van der Waals surface area contributed by atoms with Crippen LogP contribution in [0.1, 0.15) is 35.7 Å². The predicted molar refractivity (Wildman–Crippen MR) is 101 cm³/mol. The summed E-state index contributed by atoms with van der Waals surface area (Å²) in [5.41, 5.74) is 9.83. The number of hydrogen-bond donors (Lipinski definition) is 2. The molecule has 4 nitrogen and oxygen atoms in total. The van der Waals surface area contributed by atoms with Crippen molar-refractivity contribution in [3.05, 3.63) is 53.3 Å². The van der Waals surface area contributed by atoms with Gasteiger partial charge in [0.2, 0.25) is 0 Å². The number of nitrogens with one attached hydrogen (secondary N) is 1. The molecule has 1 atom stereocenters. The van der Waals surface area contributed by atoms with Gasteiger partial charge in [0.25, 0.3) is 5.91 Å². The third kappa shape index (κ3) is 3.92. The molecule has 2 aromatic rings. The minimum Gasteiger partial charge on any atom is -0.397 e. The molecule has 132 valence electrons. The molecule has 1 saturated heterocycles. The van der Waals surface area contributed by atoms with Crippen molar-refractivity contribution < 1.29 is 9.18 Å². The normalized spacial score (nSPS) is 17.4. The quantitative estimate of drug-likeness (QED) is 0.823. The number of nitrogens with two attached hydrogens (primary N) is 1. The zero-order valence-corrected chi connectivity index (χ0v) is 14.7. The molecule has 0 radical (unpaired) electrons. The van der Waals surface area contributed by atoms with Crippen molar-refractivity contribution in [2.75, 3.05) is 29.0 Å². The summed E-state index contributed by atoms with van der Waals surface area (Å²) in [7, 11) is 0. The van der Waals surface area contributed by atoms with Gasteiger partial charge in [-0.2, -0.15) is 0 Å². The Morgan fingerprint density at radius 1 is 1.28 bits per heavy atom. The van der Waals surface area contributed by atoms with Crippen LogP contribution in [0.25, 0.3) is 0 Å². The van der Waals surface area contributed by atoms with Gasteiger partial charge in [0.1, 0.15) is 5.82 Å². The Hall–Kier alpha value is -2.56. The largest absolute Gasteiger partial charge is 0.397 e. The number of piperidine rings is 1. The molecule has 5 heteroatoms. The van der Waals surface area contributed by atoms with Crippen molar-refractivity contribution in [2.45, 2.75) is 26.7 Å². The fourth-order valence-electron chi connectivity index (χ4n) is 3.37. The number of anilines is 3. The molecular weight excluding hydrogens is 317 g/mol. The van der Waals surface area contributed by atoms with Crippen LogP contribution >= 0.6 is 0 Å². The van der Waals surface area contributed by atoms with E-state index in [0.29, 0.717) is 22.9 Å². The standard InChI is InChI=1S/C20H24FN3O/c1-13-4-3-9-24(12-13)19-11-18(17(22)10-14(19)2)23-20(25)15-5-7-16(21)8-6-15/h5-8,10-11,13H,3-4,9,12,22H2,1-2H3,(H,23,25). The first-order valence-corrected chi connectivity index (χ1v) is 8.66. The number of hydrogen-bond acceptors (Lipinski definition) is 3. The minimum atomic E-state index is -0.368. The SMILES string of the molecule is Cc1cc(N)c(NC(=O)c2ccc(F)cc2)cc1N1CCCC(C)C1. The van der Waals surface area contributed by atoms with Gasteiger partial charge in [0.05, 0.1) is 11.4 Å². The maximum atomic E-state index is 13.0. The molecular formula is C20H24FN3O. The van der Waals surface area contributed by atoms with Crippen molar-refractivity contribution in [1.29, 1.82) is 0 Å². The molecule has 0 bridgehead atoms. The fourth-order valence-corrected chi connectivity index (χ4v) is 3.37. The number of nitrogen functional groups attached to an aromatic ring is 1. The van der Waals surface area contributed by atoms with E-state index in [1.165, 1.54) is 37.1 Å². The fraction of sp³-hybridized carbons (Fsp3) is 0.350. The first-order valence-electron chi connectivity index (χ1n) is 8.66. The summed E-state index contributed by atoms with van der Waals surface area (Å²) in [4.78, 5) is 14.8. The van der Waals surface area contributed by atoms with Gasteiger partial charge in [-0.05, 0) is 67.6 Å². The van der Waals surface area contributed by atoms with E-state index in [1.807, 2.05) is 19.1 Å². The molecule has 2 aromatic carbocycles. The Labute approximate surface area is 147 Å². The van der Waals surface area contributed by atoms with Crippen LogP contribution in [-0.4, -0.2) is 19.0 Å². The highest BCUT2D eigenvalue weighted by atomic mass is 19.1. The number of carbonyl (C=O) groups excluding carboxylic acids is 1. The zero-order valence-electron chi connectivity index (χ0n) is 14.7. The summed E-state index contributed by atoms with van der Waals surface area (Å²) in [6, 6.07) is 9.31. The minimum absolute atomic E-state index is 0.298. The monoisotopic (exact) mass is 341 g/mol. The number of carbonyl (C=O) groups is 1. The van der Waals surface area contributed by atoms with Crippen LogP contribution in [0.4, 0.5) is 21.5 Å². The van der Waals surface area contributed by atoms with Crippen LogP contribution in [0.3, 0.4) is 0 Å². The lowest BCUT2D eigenvalue weighted by atomic mass is 9.98. The predicted octanol–water partition coefficient (Wildman–Crippen LogP) is 4.20. The lowest BCUT2D eigenvalue weighted by Gasteiger charge is -2.34. The maximum absolute atomic E-state index is 13.0. The summed E-state index contributed by atoms with van der Waals surface area (Å²) < 4.78 is 13.0. The van der Waals surface area contributed by atoms with Gasteiger partial charge in [-0.25, -0.2) is 4.39 Å². The van der Waals surface area contributed by atoms with Crippen LogP contribution in [-0.2, 0) is 0 Å². The average Bonchev–Trinajstić information content (AvgIpc) is 2.57. The molecule has 0 saturated carbocycles. The zero-order chi connectivity index (χ0) is 18.0. The Morgan fingerprint density at radius 2 is 2.00 bits per heavy atom. The number of nitrogens with zero attached hydrogens (tertiary/aromatic N) is 1. The summed E-state index contributed by atoms with van der Waals surface area (Å²) >= 11 is 0. The van der Waals surface area contributed by atoms with Gasteiger partial charge in [-0.15, -0.1) is 0 Å². The topological polar surface area (TPSA) is 58.4 Å². The lowest BCUT2D eigenvalue weighted by molar-refractivity contribution is 0.102. The lowest BCUT2D eigenvalue weighted by Crippen LogP contribution is -2.34. The van der Waals surface area contributed by atoms with Crippen molar-refractivity contribution >= 4 is 23.0 Å². The van der Waals surface area contributed by atoms with Gasteiger partial charge in [-0.3, -0.25) is 4.79 Å². The van der Waals surface area contributed by atoms with Crippen LogP contribution in [0.15, 0.2) is 36.4 Å². The molecule has 25 heavy (non-hydrogen) atoms. The Morgan fingerprint density at radius 3 is 2.68 bits per heavy atom. The van der Waals surface area contributed by atoms with E-state index in [-0.39, 0.29) is 11.7 Å². The van der Waals surface area contributed by atoms with E-state index in [1.54, 1.807) is 0 Å². The molecule has 1 unspecified atom stereocenters. The number of halogens is 1. The third-order valence-electron chi connectivity index (χ3n) is 4.72. The van der Waals surface area contributed by atoms with E-state index in [9.17, 15) is 9.18 Å². The van der Waals surface area contributed by atoms with Crippen LogP contribution in [0.5, 0.6) is 0 Å². The second-order valence-corrected chi connectivity index (χ2v) is 6.88. The Balaban J connectivity index is 1.84. The Bertz CT molecular complexity index is 773. The molecule has 0 aromatic heterocycles. The number of aryl methyl sites for hydroxylation is 1. The van der Waals surface area contributed by atoms with E-state index in [2.05, 4.69) is 17.1 Å². The van der Waals surface area contributed by atoms with Gasteiger partial charge < -0.3 is 16.0 Å². The molecule has 1 fully saturated rings. The highest BCUT2D eigenvalue weighted by Crippen LogP contribution is 2.32. The first kappa shape index (κ1) is 17.3. The molecule has 0 spiro atoms. The van der Waals surface area contributed by atoms with E-state index >= 15 is 0 Å². The number of amides is 1. The smallest absolute Gasteiger partial charge is 0.255 e. The van der Waals surface area contributed by atoms with Gasteiger partial charge in [0, 0.05) is 24.3 Å². The molecule has 0 aliphatic carbocycles. The summed E-state index contributed by atoms with van der Waals surface area (Å²) in [6.07, 6.45) is 2.42. The molecule has 1 heterocycles. The molecule has 1 aliphatic heterocycles. The van der Waals surface area contributed by atoms with E-state index < -0.39 is 0 Å². The van der Waals surface area contributed by atoms with Crippen molar-refractivity contribution in [3.63, 3.8) is 0 Å². The number of rotatable bonds is 3. The van der Waals surface area contributed by atoms with Crippen LogP contribution < -0.4 is 16.0 Å². The molecule has 3 rings (SSSR count). The summed E-state index contributed by atoms with van der Waals surface area (Å²) in [6.45, 7) is 6.32. The molecule has 3 N–H and O–H groups in total. The van der Waals surface area contributed by atoms with Crippen LogP contribution in [0, 0.1) is 18.7 Å². The third-order valence-corrected chi connectivity index (χ3v) is 4.72.